The number of halogens is 1. The summed E-state index contributed by atoms with van der Waals surface area (Å²) in [4.78, 5) is 5.74. The molecule has 0 aliphatic carbocycles. The molecule has 4 heteroatoms. The van der Waals surface area contributed by atoms with E-state index in [4.69, 9.17) is 11.6 Å². The summed E-state index contributed by atoms with van der Waals surface area (Å²) in [6.45, 7) is 9.54. The predicted molar refractivity (Wildman–Crippen MR) is 87.5 cm³/mol. The monoisotopic (exact) mass is 308 g/mol. The third kappa shape index (κ3) is 3.81. The standard InChI is InChI=1S/C16H21ClN2S/c1-11(2)15-18-9-14(20-15)10-19-16(3,4)12-5-7-13(17)8-6-12/h5-9,11,19H,10H2,1-4H3. The van der Waals surface area contributed by atoms with Crippen molar-refractivity contribution in [3.05, 3.63) is 50.9 Å². The zero-order valence-electron chi connectivity index (χ0n) is 12.4. The summed E-state index contributed by atoms with van der Waals surface area (Å²) >= 11 is 7.72. The fraction of sp³-hybridized carbons (Fsp3) is 0.438. The van der Waals surface area contributed by atoms with Crippen LogP contribution in [0.3, 0.4) is 0 Å². The first-order valence-electron chi connectivity index (χ1n) is 6.84. The Morgan fingerprint density at radius 2 is 1.90 bits per heavy atom. The molecule has 0 fully saturated rings. The van der Waals surface area contributed by atoms with Crippen LogP contribution in [0.25, 0.3) is 0 Å². The average Bonchev–Trinajstić information content (AvgIpc) is 2.86. The van der Waals surface area contributed by atoms with E-state index in [0.29, 0.717) is 5.92 Å². The van der Waals surface area contributed by atoms with Crippen LogP contribution in [0.1, 0.15) is 49.1 Å². The number of hydrogen-bond acceptors (Lipinski definition) is 3. The minimum Gasteiger partial charge on any atom is -0.303 e. The van der Waals surface area contributed by atoms with Crippen molar-refractivity contribution in [2.75, 3.05) is 0 Å². The van der Waals surface area contributed by atoms with Crippen LogP contribution in [-0.4, -0.2) is 4.98 Å². The fourth-order valence-electron chi connectivity index (χ4n) is 1.95. The Kier molecular flexibility index (Phi) is 4.84. The topological polar surface area (TPSA) is 24.9 Å². The number of nitrogens with one attached hydrogen (secondary N) is 1. The molecule has 1 N–H and O–H groups in total. The van der Waals surface area contributed by atoms with Crippen LogP contribution in [0.4, 0.5) is 0 Å². The molecule has 0 spiro atoms. The van der Waals surface area contributed by atoms with E-state index in [9.17, 15) is 0 Å². The molecule has 2 rings (SSSR count). The predicted octanol–water partition coefficient (Wildman–Crippen LogP) is 4.94. The summed E-state index contributed by atoms with van der Waals surface area (Å²) in [5.74, 6) is 0.498. The lowest BCUT2D eigenvalue weighted by atomic mass is 9.94. The van der Waals surface area contributed by atoms with Crippen molar-refractivity contribution in [1.82, 2.24) is 10.3 Å². The number of nitrogens with zero attached hydrogens (tertiary/aromatic N) is 1. The van der Waals surface area contributed by atoms with Crippen LogP contribution < -0.4 is 5.32 Å². The van der Waals surface area contributed by atoms with Crippen molar-refractivity contribution < 1.29 is 0 Å². The molecule has 1 aromatic carbocycles. The van der Waals surface area contributed by atoms with Crippen LogP contribution in [0, 0.1) is 0 Å². The molecule has 0 atom stereocenters. The summed E-state index contributed by atoms with van der Waals surface area (Å²) in [5.41, 5.74) is 1.14. The molecule has 108 valence electrons. The summed E-state index contributed by atoms with van der Waals surface area (Å²) in [6, 6.07) is 8.01. The minimum absolute atomic E-state index is 0.0907. The molecule has 2 aromatic rings. The van der Waals surface area contributed by atoms with E-state index in [0.717, 1.165) is 11.6 Å². The van der Waals surface area contributed by atoms with E-state index in [1.165, 1.54) is 15.4 Å². The van der Waals surface area contributed by atoms with E-state index in [-0.39, 0.29) is 5.54 Å². The second-order valence-corrected chi connectivity index (χ2v) is 7.39. The Morgan fingerprint density at radius 3 is 2.45 bits per heavy atom. The summed E-state index contributed by atoms with van der Waals surface area (Å²) in [7, 11) is 0. The van der Waals surface area contributed by atoms with Crippen LogP contribution in [0.15, 0.2) is 30.5 Å². The zero-order valence-corrected chi connectivity index (χ0v) is 14.0. The highest BCUT2D eigenvalue weighted by Crippen LogP contribution is 2.25. The second-order valence-electron chi connectivity index (χ2n) is 5.80. The van der Waals surface area contributed by atoms with Gasteiger partial charge in [-0.1, -0.05) is 37.6 Å². The fourth-order valence-corrected chi connectivity index (χ4v) is 2.93. The van der Waals surface area contributed by atoms with Crippen LogP contribution >= 0.6 is 22.9 Å². The van der Waals surface area contributed by atoms with Gasteiger partial charge in [0, 0.05) is 34.1 Å². The van der Waals surface area contributed by atoms with Gasteiger partial charge >= 0.3 is 0 Å². The van der Waals surface area contributed by atoms with Crippen LogP contribution in [0.5, 0.6) is 0 Å². The SMILES string of the molecule is CC(C)c1ncc(CNC(C)(C)c2ccc(Cl)cc2)s1. The molecule has 0 aliphatic rings. The van der Waals surface area contributed by atoms with Gasteiger partial charge in [0.05, 0.1) is 5.01 Å². The van der Waals surface area contributed by atoms with Gasteiger partial charge in [0.15, 0.2) is 0 Å². The summed E-state index contributed by atoms with van der Waals surface area (Å²) < 4.78 is 0. The normalized spacial score (nSPS) is 12.1. The van der Waals surface area contributed by atoms with Crippen molar-refractivity contribution in [2.45, 2.75) is 45.7 Å². The number of hydrogen-bond donors (Lipinski definition) is 1. The van der Waals surface area contributed by atoms with Gasteiger partial charge < -0.3 is 5.32 Å². The maximum Gasteiger partial charge on any atom is 0.0953 e. The largest absolute Gasteiger partial charge is 0.303 e. The lowest BCUT2D eigenvalue weighted by Gasteiger charge is -2.26. The molecule has 0 saturated carbocycles. The highest BCUT2D eigenvalue weighted by molar-refractivity contribution is 7.11. The molecule has 0 radical (unpaired) electrons. The van der Waals surface area contributed by atoms with Gasteiger partial charge in [-0.2, -0.15) is 0 Å². The maximum absolute atomic E-state index is 5.94. The Bertz CT molecular complexity index is 558. The Morgan fingerprint density at radius 1 is 1.25 bits per heavy atom. The first-order valence-corrected chi connectivity index (χ1v) is 8.03. The second kappa shape index (κ2) is 6.25. The number of rotatable bonds is 5. The molecule has 0 bridgehead atoms. The maximum atomic E-state index is 5.94. The molecule has 1 aromatic heterocycles. The molecule has 2 nitrogen and oxygen atoms in total. The van der Waals surface area contributed by atoms with E-state index in [2.05, 4.69) is 50.1 Å². The quantitative estimate of drug-likeness (QED) is 0.845. The molecular weight excluding hydrogens is 288 g/mol. The molecular formula is C16H21ClN2S. The van der Waals surface area contributed by atoms with Crippen molar-refractivity contribution in [3.63, 3.8) is 0 Å². The molecule has 1 heterocycles. The average molecular weight is 309 g/mol. The Hall–Kier alpha value is -0.900. The molecule has 0 saturated heterocycles. The van der Waals surface area contributed by atoms with E-state index in [1.54, 1.807) is 11.3 Å². The van der Waals surface area contributed by atoms with Gasteiger partial charge in [-0.05, 0) is 31.5 Å². The van der Waals surface area contributed by atoms with Gasteiger partial charge in [0.2, 0.25) is 0 Å². The Balaban J connectivity index is 2.02. The van der Waals surface area contributed by atoms with Gasteiger partial charge in [0.25, 0.3) is 0 Å². The zero-order chi connectivity index (χ0) is 14.8. The van der Waals surface area contributed by atoms with Crippen molar-refractivity contribution >= 4 is 22.9 Å². The minimum atomic E-state index is -0.0907. The number of aromatic nitrogens is 1. The van der Waals surface area contributed by atoms with Crippen molar-refractivity contribution in [2.24, 2.45) is 0 Å². The van der Waals surface area contributed by atoms with E-state index < -0.39 is 0 Å². The van der Waals surface area contributed by atoms with Crippen LogP contribution in [0.2, 0.25) is 5.02 Å². The van der Waals surface area contributed by atoms with Gasteiger partial charge in [-0.25, -0.2) is 4.98 Å². The van der Waals surface area contributed by atoms with E-state index >= 15 is 0 Å². The summed E-state index contributed by atoms with van der Waals surface area (Å²) in [6.07, 6.45) is 1.98. The molecule has 0 aliphatic heterocycles. The number of benzene rings is 1. The first-order chi connectivity index (χ1) is 9.38. The Labute approximate surface area is 130 Å². The van der Waals surface area contributed by atoms with Gasteiger partial charge in [0.1, 0.15) is 0 Å². The van der Waals surface area contributed by atoms with E-state index in [1.807, 2.05) is 18.3 Å². The highest BCUT2D eigenvalue weighted by atomic mass is 35.5. The third-order valence-electron chi connectivity index (χ3n) is 3.34. The first kappa shape index (κ1) is 15.5. The molecule has 20 heavy (non-hydrogen) atoms. The van der Waals surface area contributed by atoms with Gasteiger partial charge in [-0.3, -0.25) is 0 Å². The number of thiazole rings is 1. The molecule has 0 amide bonds. The van der Waals surface area contributed by atoms with Crippen LogP contribution in [-0.2, 0) is 12.1 Å². The lowest BCUT2D eigenvalue weighted by molar-refractivity contribution is 0.403. The van der Waals surface area contributed by atoms with Gasteiger partial charge in [-0.15, -0.1) is 11.3 Å². The smallest absolute Gasteiger partial charge is 0.0953 e. The molecule has 0 unspecified atom stereocenters. The third-order valence-corrected chi connectivity index (χ3v) is 4.89. The van der Waals surface area contributed by atoms with Crippen molar-refractivity contribution in [3.8, 4) is 0 Å². The highest BCUT2D eigenvalue weighted by Gasteiger charge is 2.20. The lowest BCUT2D eigenvalue weighted by Crippen LogP contribution is -2.35. The summed E-state index contributed by atoms with van der Waals surface area (Å²) in [5, 5.41) is 5.56. The van der Waals surface area contributed by atoms with Crippen molar-refractivity contribution in [1.29, 1.82) is 0 Å².